The van der Waals surface area contributed by atoms with E-state index < -0.39 is 6.29 Å². The highest BCUT2D eigenvalue weighted by molar-refractivity contribution is 5.73. The molecule has 2 N–H and O–H groups in total. The van der Waals surface area contributed by atoms with Gasteiger partial charge in [-0.3, -0.25) is 0 Å². The van der Waals surface area contributed by atoms with Crippen LogP contribution in [0.3, 0.4) is 0 Å². The minimum absolute atomic E-state index is 0.270. The standard InChI is InChI=1S/C15H23FN2O3/c1-3-20-14(21-4-2)11-18-15(19)17-9-8-12-6-5-7-13(16)10-12/h5-7,10,14H,3-4,8-9,11H2,1-2H3,(H2,17,18,19). The van der Waals surface area contributed by atoms with Gasteiger partial charge in [-0.2, -0.15) is 0 Å². The summed E-state index contributed by atoms with van der Waals surface area (Å²) in [7, 11) is 0. The van der Waals surface area contributed by atoms with Crippen LogP contribution in [0.4, 0.5) is 9.18 Å². The first-order valence-corrected chi connectivity index (χ1v) is 7.15. The van der Waals surface area contributed by atoms with Gasteiger partial charge in [0.1, 0.15) is 5.82 Å². The summed E-state index contributed by atoms with van der Waals surface area (Å²) >= 11 is 0. The molecule has 0 saturated heterocycles. The Kier molecular flexibility index (Phi) is 8.38. The summed E-state index contributed by atoms with van der Waals surface area (Å²) in [6.07, 6.45) is 0.139. The number of nitrogens with one attached hydrogen (secondary N) is 2. The third-order valence-corrected chi connectivity index (χ3v) is 2.72. The molecule has 0 spiro atoms. The van der Waals surface area contributed by atoms with Gasteiger partial charge in [0, 0.05) is 19.8 Å². The molecule has 5 nitrogen and oxygen atoms in total. The van der Waals surface area contributed by atoms with E-state index >= 15 is 0 Å². The van der Waals surface area contributed by atoms with Crippen LogP contribution in [0.25, 0.3) is 0 Å². The molecule has 0 saturated carbocycles. The second-order valence-electron chi connectivity index (χ2n) is 4.36. The summed E-state index contributed by atoms with van der Waals surface area (Å²) in [5.74, 6) is -0.270. The third-order valence-electron chi connectivity index (χ3n) is 2.72. The van der Waals surface area contributed by atoms with Gasteiger partial charge in [0.15, 0.2) is 6.29 Å². The number of hydrogen-bond acceptors (Lipinski definition) is 3. The second kappa shape index (κ2) is 10.1. The van der Waals surface area contributed by atoms with Gasteiger partial charge in [-0.1, -0.05) is 12.1 Å². The highest BCUT2D eigenvalue weighted by Crippen LogP contribution is 2.03. The van der Waals surface area contributed by atoms with Gasteiger partial charge in [-0.05, 0) is 38.0 Å². The molecular formula is C15H23FN2O3. The fourth-order valence-electron chi connectivity index (χ4n) is 1.79. The van der Waals surface area contributed by atoms with E-state index in [1.807, 2.05) is 19.9 Å². The highest BCUT2D eigenvalue weighted by atomic mass is 19.1. The van der Waals surface area contributed by atoms with Gasteiger partial charge in [0.05, 0.1) is 6.54 Å². The Morgan fingerprint density at radius 1 is 1.24 bits per heavy atom. The lowest BCUT2D eigenvalue weighted by molar-refractivity contribution is -0.131. The summed E-state index contributed by atoms with van der Waals surface area (Å²) in [5, 5.41) is 5.38. The molecule has 1 aromatic rings. The smallest absolute Gasteiger partial charge is 0.314 e. The number of carbonyl (C=O) groups excluding carboxylic acids is 1. The number of amides is 2. The SMILES string of the molecule is CCOC(CNC(=O)NCCc1cccc(F)c1)OCC. The highest BCUT2D eigenvalue weighted by Gasteiger charge is 2.09. The molecule has 0 aliphatic heterocycles. The number of urea groups is 1. The number of halogens is 1. The number of rotatable bonds is 9. The van der Waals surface area contributed by atoms with Gasteiger partial charge < -0.3 is 20.1 Å². The Bertz CT molecular complexity index is 423. The largest absolute Gasteiger partial charge is 0.351 e. The van der Waals surface area contributed by atoms with Crippen molar-refractivity contribution in [2.75, 3.05) is 26.3 Å². The Labute approximate surface area is 124 Å². The molecule has 0 radical (unpaired) electrons. The van der Waals surface area contributed by atoms with Crippen LogP contribution < -0.4 is 10.6 Å². The number of hydrogen-bond donors (Lipinski definition) is 2. The van der Waals surface area contributed by atoms with Crippen LogP contribution in [0.1, 0.15) is 19.4 Å². The molecular weight excluding hydrogens is 275 g/mol. The van der Waals surface area contributed by atoms with Gasteiger partial charge in [-0.25, -0.2) is 9.18 Å². The van der Waals surface area contributed by atoms with Crippen LogP contribution in [-0.2, 0) is 15.9 Å². The summed E-state index contributed by atoms with van der Waals surface area (Å²) in [5.41, 5.74) is 0.844. The fourth-order valence-corrected chi connectivity index (χ4v) is 1.79. The maximum Gasteiger partial charge on any atom is 0.314 e. The molecule has 0 unspecified atom stereocenters. The van der Waals surface area contributed by atoms with Crippen molar-refractivity contribution >= 4 is 6.03 Å². The molecule has 1 aromatic carbocycles. The lowest BCUT2D eigenvalue weighted by Crippen LogP contribution is -2.42. The average Bonchev–Trinajstić information content (AvgIpc) is 2.45. The molecule has 6 heteroatoms. The first-order valence-electron chi connectivity index (χ1n) is 7.15. The normalized spacial score (nSPS) is 10.7. The number of ether oxygens (including phenoxy) is 2. The average molecular weight is 298 g/mol. The van der Waals surface area contributed by atoms with Crippen molar-refractivity contribution in [2.45, 2.75) is 26.6 Å². The van der Waals surface area contributed by atoms with E-state index in [4.69, 9.17) is 9.47 Å². The maximum atomic E-state index is 13.0. The van der Waals surface area contributed by atoms with Crippen molar-refractivity contribution in [3.05, 3.63) is 35.6 Å². The van der Waals surface area contributed by atoms with Crippen LogP contribution in [0, 0.1) is 5.82 Å². The van der Waals surface area contributed by atoms with Crippen molar-refractivity contribution < 1.29 is 18.7 Å². The third kappa shape index (κ3) is 7.63. The summed E-state index contributed by atoms with van der Waals surface area (Å²) in [4.78, 5) is 11.6. The molecule has 0 bridgehead atoms. The monoisotopic (exact) mass is 298 g/mol. The van der Waals surface area contributed by atoms with E-state index in [1.165, 1.54) is 12.1 Å². The van der Waals surface area contributed by atoms with Crippen molar-refractivity contribution in [1.29, 1.82) is 0 Å². The van der Waals surface area contributed by atoms with Gasteiger partial charge >= 0.3 is 6.03 Å². The van der Waals surface area contributed by atoms with Crippen molar-refractivity contribution in [1.82, 2.24) is 10.6 Å². The minimum Gasteiger partial charge on any atom is -0.351 e. The topological polar surface area (TPSA) is 59.6 Å². The van der Waals surface area contributed by atoms with E-state index in [0.717, 1.165) is 5.56 Å². The van der Waals surface area contributed by atoms with Crippen LogP contribution in [0.2, 0.25) is 0 Å². The summed E-state index contributed by atoms with van der Waals surface area (Å²) in [6.45, 7) is 5.49. The lowest BCUT2D eigenvalue weighted by atomic mass is 10.1. The Balaban J connectivity index is 2.21. The van der Waals surface area contributed by atoms with Crippen LogP contribution in [0.5, 0.6) is 0 Å². The Hall–Kier alpha value is -1.66. The van der Waals surface area contributed by atoms with E-state index in [9.17, 15) is 9.18 Å². The first-order chi connectivity index (χ1) is 10.2. The lowest BCUT2D eigenvalue weighted by Gasteiger charge is -2.17. The molecule has 21 heavy (non-hydrogen) atoms. The van der Waals surface area contributed by atoms with E-state index in [1.54, 1.807) is 6.07 Å². The second-order valence-corrected chi connectivity index (χ2v) is 4.36. The van der Waals surface area contributed by atoms with E-state index in [2.05, 4.69) is 10.6 Å². The van der Waals surface area contributed by atoms with Crippen LogP contribution in [-0.4, -0.2) is 38.6 Å². The predicted octanol–water partition coefficient (Wildman–Crippen LogP) is 2.07. The van der Waals surface area contributed by atoms with Gasteiger partial charge in [0.25, 0.3) is 0 Å². The van der Waals surface area contributed by atoms with E-state index in [-0.39, 0.29) is 18.4 Å². The zero-order valence-electron chi connectivity index (χ0n) is 12.5. The molecule has 0 atom stereocenters. The molecule has 1 rings (SSSR count). The molecule has 0 aliphatic rings. The molecule has 118 valence electrons. The summed E-state index contributed by atoms with van der Waals surface area (Å²) in [6, 6.07) is 6.03. The fraction of sp³-hybridized carbons (Fsp3) is 0.533. The molecule has 0 fully saturated rings. The molecule has 2 amide bonds. The van der Waals surface area contributed by atoms with Crippen molar-refractivity contribution in [3.8, 4) is 0 Å². The zero-order chi connectivity index (χ0) is 15.5. The van der Waals surface area contributed by atoms with E-state index in [0.29, 0.717) is 26.2 Å². The molecule has 0 aromatic heterocycles. The first kappa shape index (κ1) is 17.4. The Morgan fingerprint density at radius 3 is 2.57 bits per heavy atom. The number of benzene rings is 1. The van der Waals surface area contributed by atoms with Crippen LogP contribution in [0.15, 0.2) is 24.3 Å². The van der Waals surface area contributed by atoms with Crippen LogP contribution >= 0.6 is 0 Å². The molecule has 0 heterocycles. The predicted molar refractivity (Wildman–Crippen MR) is 78.5 cm³/mol. The minimum atomic E-state index is -0.436. The van der Waals surface area contributed by atoms with Crippen molar-refractivity contribution in [2.24, 2.45) is 0 Å². The molecule has 0 aliphatic carbocycles. The summed E-state index contributed by atoms with van der Waals surface area (Å²) < 4.78 is 23.6. The number of carbonyl (C=O) groups is 1. The maximum absolute atomic E-state index is 13.0. The van der Waals surface area contributed by atoms with Crippen molar-refractivity contribution in [3.63, 3.8) is 0 Å². The van der Waals surface area contributed by atoms with Gasteiger partial charge in [0.2, 0.25) is 0 Å². The zero-order valence-corrected chi connectivity index (χ0v) is 12.5. The quantitative estimate of drug-likeness (QED) is 0.686. The van der Waals surface area contributed by atoms with Gasteiger partial charge in [-0.15, -0.1) is 0 Å². The Morgan fingerprint density at radius 2 is 1.95 bits per heavy atom.